The number of nitrogens with zero attached hydrogens (tertiary/aromatic N) is 3. The highest BCUT2D eigenvalue weighted by molar-refractivity contribution is 9.10. The van der Waals surface area contributed by atoms with Crippen molar-refractivity contribution in [2.45, 2.75) is 38.1 Å². The highest BCUT2D eigenvalue weighted by atomic mass is 79.9. The highest BCUT2D eigenvalue weighted by Crippen LogP contribution is 2.35. The molecule has 39 heavy (non-hydrogen) atoms. The van der Waals surface area contributed by atoms with E-state index in [0.717, 1.165) is 33.9 Å². The summed E-state index contributed by atoms with van der Waals surface area (Å²) in [5.41, 5.74) is 6.28. The third kappa shape index (κ3) is 5.14. The van der Waals surface area contributed by atoms with Gasteiger partial charge in [0, 0.05) is 33.9 Å². The molecule has 0 bridgehead atoms. The fourth-order valence-corrected chi connectivity index (χ4v) is 7.06. The molecule has 0 fully saturated rings. The first kappa shape index (κ1) is 26.8. The van der Waals surface area contributed by atoms with Gasteiger partial charge in [-0.2, -0.15) is 0 Å². The van der Waals surface area contributed by atoms with Gasteiger partial charge in [-0.05, 0) is 76.3 Å². The Bertz CT molecular complexity index is 1760. The number of fused-ring (bicyclic) bond motifs is 1. The Morgan fingerprint density at radius 3 is 2.41 bits per heavy atom. The first-order chi connectivity index (χ1) is 18.8. The lowest BCUT2D eigenvalue weighted by atomic mass is 10.0. The van der Waals surface area contributed by atoms with Crippen LogP contribution in [0.5, 0.6) is 0 Å². The molecule has 8 heteroatoms. The zero-order valence-electron chi connectivity index (χ0n) is 21.7. The van der Waals surface area contributed by atoms with E-state index >= 15 is 0 Å². The van der Waals surface area contributed by atoms with Gasteiger partial charge in [0.1, 0.15) is 10.5 Å². The summed E-state index contributed by atoms with van der Waals surface area (Å²) in [6.07, 6.45) is 4.21. The summed E-state index contributed by atoms with van der Waals surface area (Å²) in [7, 11) is -4.13. The molecule has 3 aromatic carbocycles. The number of amides is 1. The fraction of sp³-hybridized carbons (Fsp3) is 0.161. The van der Waals surface area contributed by atoms with Crippen molar-refractivity contribution in [2.24, 2.45) is 0 Å². The van der Waals surface area contributed by atoms with Gasteiger partial charge in [0.25, 0.3) is 10.0 Å². The molecule has 2 heterocycles. The molecule has 1 amide bonds. The van der Waals surface area contributed by atoms with E-state index in [4.69, 9.17) is 0 Å². The van der Waals surface area contributed by atoms with Gasteiger partial charge in [-0.25, -0.2) is 17.7 Å². The van der Waals surface area contributed by atoms with Gasteiger partial charge in [0.15, 0.2) is 0 Å². The van der Waals surface area contributed by atoms with Crippen LogP contribution in [0.1, 0.15) is 30.2 Å². The maximum absolute atomic E-state index is 13.5. The smallest absolute Gasteiger partial charge is 0.271 e. The van der Waals surface area contributed by atoms with Gasteiger partial charge in [0.05, 0.1) is 5.69 Å². The highest BCUT2D eigenvalue weighted by Gasteiger charge is 2.28. The van der Waals surface area contributed by atoms with Crippen molar-refractivity contribution in [1.82, 2.24) is 9.55 Å². The molecule has 198 valence electrons. The van der Waals surface area contributed by atoms with Crippen molar-refractivity contribution in [3.63, 3.8) is 0 Å². The Balaban J connectivity index is 1.50. The summed E-state index contributed by atoms with van der Waals surface area (Å²) in [6.45, 7) is 4.96. The Morgan fingerprint density at radius 2 is 1.69 bits per heavy atom. The van der Waals surface area contributed by atoms with Gasteiger partial charge >= 0.3 is 0 Å². The molecule has 0 spiro atoms. The lowest BCUT2D eigenvalue weighted by molar-refractivity contribution is -0.106. The average molecular weight is 603 g/mol. The number of aryl methyl sites for hydroxylation is 2. The number of carbonyl (C=O) groups excluding carboxylic acids is 1. The first-order valence-electron chi connectivity index (χ1n) is 12.7. The Hall–Kier alpha value is -3.75. The number of pyridine rings is 1. The molecule has 0 N–H and O–H groups in total. The second kappa shape index (κ2) is 11.2. The molecule has 0 saturated carbocycles. The fourth-order valence-electron chi connectivity index (χ4n) is 4.85. The van der Waals surface area contributed by atoms with Gasteiger partial charge in [-0.1, -0.05) is 67.9 Å². The van der Waals surface area contributed by atoms with Crippen LogP contribution in [-0.2, 0) is 27.8 Å². The summed E-state index contributed by atoms with van der Waals surface area (Å²) in [4.78, 5) is 16.9. The number of halogens is 1. The van der Waals surface area contributed by atoms with Gasteiger partial charge in [0.2, 0.25) is 6.41 Å². The minimum Gasteiger partial charge on any atom is -0.325 e. The number of hydrogen-bond acceptors (Lipinski definition) is 4. The molecule has 5 rings (SSSR count). The normalized spacial score (nSPS) is 11.6. The number of benzene rings is 3. The molecule has 0 aliphatic heterocycles. The average Bonchev–Trinajstić information content (AvgIpc) is 3.28. The van der Waals surface area contributed by atoms with Gasteiger partial charge in [-0.3, -0.25) is 4.79 Å². The maximum atomic E-state index is 13.5. The summed E-state index contributed by atoms with van der Waals surface area (Å²) >= 11 is 3.30. The van der Waals surface area contributed by atoms with Crippen LogP contribution in [0, 0.1) is 6.92 Å². The predicted molar refractivity (Wildman–Crippen MR) is 159 cm³/mol. The summed E-state index contributed by atoms with van der Waals surface area (Å²) in [6, 6.07) is 25.8. The Kier molecular flexibility index (Phi) is 7.68. The van der Waals surface area contributed by atoms with E-state index in [-0.39, 0.29) is 10.6 Å². The molecule has 0 saturated heterocycles. The van der Waals surface area contributed by atoms with Crippen LogP contribution in [-0.4, -0.2) is 24.4 Å². The van der Waals surface area contributed by atoms with Crippen LogP contribution in [0.15, 0.2) is 100 Å². The topological polar surface area (TPSA) is 72.3 Å². The van der Waals surface area contributed by atoms with E-state index in [1.807, 2.05) is 48.7 Å². The van der Waals surface area contributed by atoms with Crippen molar-refractivity contribution < 1.29 is 13.2 Å². The molecule has 0 aliphatic carbocycles. The second-order valence-electron chi connectivity index (χ2n) is 9.39. The van der Waals surface area contributed by atoms with Crippen LogP contribution in [0.3, 0.4) is 0 Å². The van der Waals surface area contributed by atoms with E-state index in [1.54, 1.807) is 30.3 Å². The molecule has 0 radical (unpaired) electrons. The number of hydrogen-bond donors (Lipinski definition) is 0. The van der Waals surface area contributed by atoms with Crippen LogP contribution in [0.4, 0.5) is 5.69 Å². The lowest BCUT2D eigenvalue weighted by Crippen LogP contribution is -2.30. The third-order valence-corrected chi connectivity index (χ3v) is 9.49. The van der Waals surface area contributed by atoms with E-state index in [0.29, 0.717) is 23.0 Å². The van der Waals surface area contributed by atoms with Crippen molar-refractivity contribution >= 4 is 49.1 Å². The zero-order valence-corrected chi connectivity index (χ0v) is 24.1. The number of para-hydroxylation sites is 1. The standard InChI is InChI=1S/C31H28BrN3O3S/c1-3-8-25-19-27-22(2)17-18-33-31(27)34(25)20-23-13-15-24(16-14-23)26-9-4-6-11-29(26)35(21-36)39(37,38)30-12-7-5-10-28(30)32/h4-7,9-19,21H,3,8,20H2,1-2H3. The van der Waals surface area contributed by atoms with E-state index < -0.39 is 10.0 Å². The molecule has 6 nitrogen and oxygen atoms in total. The minimum atomic E-state index is -4.13. The molecule has 0 unspecified atom stereocenters. The van der Waals surface area contributed by atoms with Crippen molar-refractivity contribution in [3.8, 4) is 11.1 Å². The monoisotopic (exact) mass is 601 g/mol. The van der Waals surface area contributed by atoms with Crippen molar-refractivity contribution in [2.75, 3.05) is 4.31 Å². The van der Waals surface area contributed by atoms with Crippen molar-refractivity contribution in [3.05, 3.63) is 112 Å². The van der Waals surface area contributed by atoms with Crippen LogP contribution >= 0.6 is 15.9 Å². The van der Waals surface area contributed by atoms with Crippen LogP contribution in [0.2, 0.25) is 0 Å². The third-order valence-electron chi connectivity index (χ3n) is 6.82. The number of rotatable bonds is 9. The molecule has 0 atom stereocenters. The molecular formula is C31H28BrN3O3S. The van der Waals surface area contributed by atoms with E-state index in [9.17, 15) is 13.2 Å². The molecule has 5 aromatic rings. The largest absolute Gasteiger partial charge is 0.325 e. The summed E-state index contributed by atoms with van der Waals surface area (Å²) in [5, 5.41) is 1.17. The second-order valence-corrected chi connectivity index (χ2v) is 12.0. The van der Waals surface area contributed by atoms with Crippen LogP contribution < -0.4 is 4.31 Å². The SMILES string of the molecule is CCCc1cc2c(C)ccnc2n1Cc1ccc(-c2ccccc2N(C=O)S(=O)(=O)c2ccccc2Br)cc1. The van der Waals surface area contributed by atoms with Gasteiger partial charge in [-0.15, -0.1) is 0 Å². The lowest BCUT2D eigenvalue weighted by Gasteiger charge is -2.21. The number of sulfonamides is 1. The number of carbonyl (C=O) groups is 1. The van der Waals surface area contributed by atoms with E-state index in [1.165, 1.54) is 22.7 Å². The quantitative estimate of drug-likeness (QED) is 0.168. The minimum absolute atomic E-state index is 0.0212. The maximum Gasteiger partial charge on any atom is 0.271 e. The summed E-state index contributed by atoms with van der Waals surface area (Å²) in [5.74, 6) is 0. The first-order valence-corrected chi connectivity index (χ1v) is 14.9. The van der Waals surface area contributed by atoms with E-state index in [2.05, 4.69) is 45.4 Å². The number of anilines is 1. The predicted octanol–water partition coefficient (Wildman–Crippen LogP) is 7.13. The molecular weight excluding hydrogens is 574 g/mol. The summed E-state index contributed by atoms with van der Waals surface area (Å²) < 4.78 is 30.4. The van der Waals surface area contributed by atoms with Crippen molar-refractivity contribution in [1.29, 1.82) is 0 Å². The molecule has 0 aliphatic rings. The Morgan fingerprint density at radius 1 is 0.974 bits per heavy atom. The number of aromatic nitrogens is 2. The molecule has 2 aromatic heterocycles. The zero-order chi connectivity index (χ0) is 27.6. The Labute approximate surface area is 237 Å². The van der Waals surface area contributed by atoms with Crippen LogP contribution in [0.25, 0.3) is 22.2 Å². The van der Waals surface area contributed by atoms with Gasteiger partial charge < -0.3 is 4.57 Å².